The van der Waals surface area contributed by atoms with Crippen LogP contribution in [0.2, 0.25) is 0 Å². The predicted molar refractivity (Wildman–Crippen MR) is 207 cm³/mol. The van der Waals surface area contributed by atoms with Crippen LogP contribution in [-0.4, -0.2) is 19.9 Å². The summed E-state index contributed by atoms with van der Waals surface area (Å²) in [6.07, 6.45) is 1.95. The molecule has 7 aromatic carbocycles. The summed E-state index contributed by atoms with van der Waals surface area (Å²) in [6, 6.07) is 56.2. The minimum atomic E-state index is 0.543. The number of para-hydroxylation sites is 1. The van der Waals surface area contributed by atoms with Gasteiger partial charge < -0.3 is 4.42 Å². The van der Waals surface area contributed by atoms with E-state index in [1.807, 2.05) is 66.9 Å². The summed E-state index contributed by atoms with van der Waals surface area (Å²) >= 11 is 0. The molecule has 0 amide bonds. The van der Waals surface area contributed by atoms with E-state index in [1.165, 1.54) is 5.39 Å². The zero-order valence-electron chi connectivity index (χ0n) is 27.4. The number of rotatable bonds is 5. The molecule has 0 aliphatic heterocycles. The summed E-state index contributed by atoms with van der Waals surface area (Å²) in [7, 11) is 0. The van der Waals surface area contributed by atoms with E-state index in [1.54, 1.807) is 0 Å². The fourth-order valence-corrected chi connectivity index (χ4v) is 6.98. The molecule has 0 saturated carbocycles. The molecule has 10 aromatic rings. The molecule has 5 nitrogen and oxygen atoms in total. The highest BCUT2D eigenvalue weighted by molar-refractivity contribution is 6.11. The Morgan fingerprint density at radius 1 is 0.373 bits per heavy atom. The number of aromatic nitrogens is 4. The lowest BCUT2D eigenvalue weighted by atomic mass is 9.97. The largest absolute Gasteiger partial charge is 0.455 e. The van der Waals surface area contributed by atoms with E-state index >= 15 is 0 Å². The SMILES string of the molecule is c1ccc(-c2ccc(-c3nc(-c4ccccc4)nc(-c4cc(-c5ccc6c(c5)ncc5ccccc56)cc5c4oc4ccccc45)n3)cc2)cc1. The molecular weight excluding hydrogens is 625 g/mol. The number of hydrogen-bond acceptors (Lipinski definition) is 5. The summed E-state index contributed by atoms with van der Waals surface area (Å²) in [6.45, 7) is 0. The molecule has 5 heteroatoms. The molecule has 10 rings (SSSR count). The number of fused-ring (bicyclic) bond motifs is 6. The highest BCUT2D eigenvalue weighted by atomic mass is 16.3. The van der Waals surface area contributed by atoms with Crippen LogP contribution in [-0.2, 0) is 0 Å². The van der Waals surface area contributed by atoms with Gasteiger partial charge in [0.05, 0.1) is 11.1 Å². The molecule has 238 valence electrons. The molecule has 0 aliphatic carbocycles. The number of nitrogens with zero attached hydrogens (tertiary/aromatic N) is 4. The minimum Gasteiger partial charge on any atom is -0.455 e. The van der Waals surface area contributed by atoms with Crippen LogP contribution >= 0.6 is 0 Å². The smallest absolute Gasteiger partial charge is 0.167 e. The second-order valence-corrected chi connectivity index (χ2v) is 12.7. The average Bonchev–Trinajstić information content (AvgIpc) is 3.59. The van der Waals surface area contributed by atoms with Crippen LogP contribution in [0.15, 0.2) is 174 Å². The lowest BCUT2D eigenvalue weighted by molar-refractivity contribution is 0.669. The first-order valence-electron chi connectivity index (χ1n) is 17.0. The Balaban J connectivity index is 1.19. The van der Waals surface area contributed by atoms with Gasteiger partial charge in [-0.1, -0.05) is 140 Å². The van der Waals surface area contributed by atoms with Gasteiger partial charge in [0.15, 0.2) is 17.5 Å². The summed E-state index contributed by atoms with van der Waals surface area (Å²) in [5, 5.41) is 5.48. The van der Waals surface area contributed by atoms with Crippen molar-refractivity contribution < 1.29 is 4.42 Å². The second kappa shape index (κ2) is 11.9. The summed E-state index contributed by atoms with van der Waals surface area (Å²) in [5.41, 5.74) is 9.47. The lowest BCUT2D eigenvalue weighted by Crippen LogP contribution is -2.00. The first-order chi connectivity index (χ1) is 25.2. The minimum absolute atomic E-state index is 0.543. The molecule has 0 fully saturated rings. The maximum absolute atomic E-state index is 6.59. The van der Waals surface area contributed by atoms with Gasteiger partial charge in [-0.2, -0.15) is 0 Å². The number of furan rings is 1. The predicted octanol–water partition coefficient (Wildman–Crippen LogP) is 11.8. The van der Waals surface area contributed by atoms with Crippen molar-refractivity contribution >= 4 is 43.6 Å². The number of hydrogen-bond donors (Lipinski definition) is 0. The Kier molecular flexibility index (Phi) is 6.74. The van der Waals surface area contributed by atoms with E-state index in [-0.39, 0.29) is 0 Å². The fourth-order valence-electron chi connectivity index (χ4n) is 6.98. The van der Waals surface area contributed by atoms with Crippen molar-refractivity contribution in [2.45, 2.75) is 0 Å². The zero-order valence-corrected chi connectivity index (χ0v) is 27.4. The summed E-state index contributed by atoms with van der Waals surface area (Å²) < 4.78 is 6.59. The van der Waals surface area contributed by atoms with Crippen LogP contribution in [0.25, 0.3) is 100 Å². The van der Waals surface area contributed by atoms with Crippen molar-refractivity contribution in [3.05, 3.63) is 170 Å². The number of pyridine rings is 1. The van der Waals surface area contributed by atoms with E-state index in [2.05, 4.69) is 103 Å². The van der Waals surface area contributed by atoms with Gasteiger partial charge in [0, 0.05) is 38.9 Å². The highest BCUT2D eigenvalue weighted by Crippen LogP contribution is 2.40. The maximum Gasteiger partial charge on any atom is 0.167 e. The zero-order chi connectivity index (χ0) is 33.7. The quantitative estimate of drug-likeness (QED) is 0.173. The van der Waals surface area contributed by atoms with Gasteiger partial charge in [-0.25, -0.2) is 15.0 Å². The van der Waals surface area contributed by atoms with Crippen molar-refractivity contribution in [3.63, 3.8) is 0 Å². The van der Waals surface area contributed by atoms with Crippen LogP contribution in [0.3, 0.4) is 0 Å². The van der Waals surface area contributed by atoms with E-state index in [9.17, 15) is 0 Å². The standard InChI is InChI=1S/C46H28N4O/c1-3-11-29(12-4-1)30-19-21-32(22-20-30)45-48-44(31-13-5-2-6-14-31)49-46(50-45)40-26-35(25-39-38-17-9-10-18-42(38)51-43(39)40)33-23-24-37-36-16-8-7-15-34(36)28-47-41(37)27-33/h1-28H. The van der Waals surface area contributed by atoms with Gasteiger partial charge in [0.1, 0.15) is 11.2 Å². The molecule has 0 unspecified atom stereocenters. The summed E-state index contributed by atoms with van der Waals surface area (Å²) in [5.74, 6) is 1.73. The van der Waals surface area contributed by atoms with Crippen LogP contribution < -0.4 is 0 Å². The molecule has 0 aliphatic rings. The van der Waals surface area contributed by atoms with E-state index in [4.69, 9.17) is 24.4 Å². The van der Waals surface area contributed by atoms with Gasteiger partial charge in [-0.15, -0.1) is 0 Å². The third-order valence-electron chi connectivity index (χ3n) is 9.56. The van der Waals surface area contributed by atoms with Gasteiger partial charge in [0.2, 0.25) is 0 Å². The molecule has 51 heavy (non-hydrogen) atoms. The van der Waals surface area contributed by atoms with Crippen molar-refractivity contribution in [1.29, 1.82) is 0 Å². The summed E-state index contributed by atoms with van der Waals surface area (Å²) in [4.78, 5) is 20.1. The molecule has 0 saturated heterocycles. The Morgan fingerprint density at radius 3 is 1.75 bits per heavy atom. The highest BCUT2D eigenvalue weighted by Gasteiger charge is 2.20. The van der Waals surface area contributed by atoms with Gasteiger partial charge in [-0.05, 0) is 51.9 Å². The second-order valence-electron chi connectivity index (χ2n) is 12.7. The van der Waals surface area contributed by atoms with Crippen molar-refractivity contribution in [2.24, 2.45) is 0 Å². The lowest BCUT2D eigenvalue weighted by Gasteiger charge is -2.11. The van der Waals surface area contributed by atoms with Gasteiger partial charge in [0.25, 0.3) is 0 Å². The Hall–Kier alpha value is -6.98. The molecule has 0 radical (unpaired) electrons. The molecular formula is C46H28N4O. The van der Waals surface area contributed by atoms with Crippen molar-refractivity contribution in [2.75, 3.05) is 0 Å². The first kappa shape index (κ1) is 29.0. The molecule has 0 atom stereocenters. The van der Waals surface area contributed by atoms with Crippen molar-refractivity contribution in [1.82, 2.24) is 19.9 Å². The fraction of sp³-hybridized carbons (Fsp3) is 0. The Bertz CT molecular complexity index is 2900. The average molecular weight is 653 g/mol. The van der Waals surface area contributed by atoms with Crippen molar-refractivity contribution in [3.8, 4) is 56.4 Å². The maximum atomic E-state index is 6.59. The van der Waals surface area contributed by atoms with Gasteiger partial charge in [-0.3, -0.25) is 4.98 Å². The Labute approximate surface area is 293 Å². The van der Waals surface area contributed by atoms with Crippen LogP contribution in [0.5, 0.6) is 0 Å². The number of benzene rings is 7. The topological polar surface area (TPSA) is 64.7 Å². The normalized spacial score (nSPS) is 11.5. The monoisotopic (exact) mass is 652 g/mol. The van der Waals surface area contributed by atoms with E-state index in [0.29, 0.717) is 17.5 Å². The van der Waals surface area contributed by atoms with Gasteiger partial charge >= 0.3 is 0 Å². The third-order valence-corrected chi connectivity index (χ3v) is 9.56. The molecule has 3 heterocycles. The molecule has 0 bridgehead atoms. The first-order valence-corrected chi connectivity index (χ1v) is 17.0. The van der Waals surface area contributed by atoms with Crippen LogP contribution in [0, 0.1) is 0 Å². The molecule has 3 aromatic heterocycles. The van der Waals surface area contributed by atoms with Crippen LogP contribution in [0.4, 0.5) is 0 Å². The van der Waals surface area contributed by atoms with E-state index in [0.717, 1.165) is 77.2 Å². The van der Waals surface area contributed by atoms with Crippen LogP contribution in [0.1, 0.15) is 0 Å². The molecule has 0 spiro atoms. The third kappa shape index (κ3) is 5.11. The molecule has 0 N–H and O–H groups in total. The Morgan fingerprint density at radius 2 is 0.961 bits per heavy atom. The van der Waals surface area contributed by atoms with E-state index < -0.39 is 0 Å².